The Labute approximate surface area is 123 Å². The van der Waals surface area contributed by atoms with Gasteiger partial charge in [-0.05, 0) is 32.1 Å². The fourth-order valence-electron chi connectivity index (χ4n) is 2.10. The van der Waals surface area contributed by atoms with Crippen molar-refractivity contribution in [3.8, 4) is 0 Å². The molecule has 0 aromatic heterocycles. The number of nitrogens with zero attached hydrogens (tertiary/aromatic N) is 2. The number of carbonyl (C=O) groups is 1. The van der Waals surface area contributed by atoms with Gasteiger partial charge in [0.1, 0.15) is 5.82 Å². The smallest absolute Gasteiger partial charge is 0.251 e. The first-order valence-electron chi connectivity index (χ1n) is 6.88. The van der Waals surface area contributed by atoms with E-state index in [4.69, 9.17) is 0 Å². The van der Waals surface area contributed by atoms with E-state index < -0.39 is 6.43 Å². The molecule has 4 nitrogen and oxygen atoms in total. The van der Waals surface area contributed by atoms with E-state index >= 15 is 0 Å². The Morgan fingerprint density at radius 1 is 1.43 bits per heavy atom. The molecule has 0 aromatic rings. The van der Waals surface area contributed by atoms with Crippen molar-refractivity contribution < 1.29 is 13.6 Å². The third kappa shape index (κ3) is 7.51. The second-order valence-corrected chi connectivity index (χ2v) is 4.69. The number of alkyl halides is 2. The summed E-state index contributed by atoms with van der Waals surface area (Å²) >= 11 is 0. The molecule has 1 aliphatic rings. The SMILES string of the molecule is C=N/C(=C\C=C/CC=C1CCN(CC(F)F)CC1)NC=O. The van der Waals surface area contributed by atoms with E-state index in [9.17, 15) is 13.6 Å². The molecule has 0 spiro atoms. The van der Waals surface area contributed by atoms with Crippen LogP contribution >= 0.6 is 0 Å². The van der Waals surface area contributed by atoms with Gasteiger partial charge in [0.05, 0.1) is 6.54 Å². The van der Waals surface area contributed by atoms with Gasteiger partial charge < -0.3 is 5.32 Å². The standard InChI is InChI=1S/C15H21F2N3O/c1-18-15(19-12-21)6-4-2-3-5-13-7-9-20(10-8-13)11-14(16)17/h2,4-6,12,14H,1,3,7-11H2,(H,19,21)/b4-2-,15-6+. The topological polar surface area (TPSA) is 44.7 Å². The quantitative estimate of drug-likeness (QED) is 0.324. The van der Waals surface area contributed by atoms with E-state index in [1.807, 2.05) is 6.08 Å². The minimum Gasteiger partial charge on any atom is -0.313 e. The van der Waals surface area contributed by atoms with Crippen molar-refractivity contribution in [2.45, 2.75) is 25.7 Å². The molecule has 0 unspecified atom stereocenters. The van der Waals surface area contributed by atoms with Gasteiger partial charge in [-0.25, -0.2) is 13.8 Å². The normalized spacial score (nSPS) is 17.3. The van der Waals surface area contributed by atoms with Crippen molar-refractivity contribution in [3.05, 3.63) is 35.7 Å². The van der Waals surface area contributed by atoms with Crippen LogP contribution in [0.1, 0.15) is 19.3 Å². The van der Waals surface area contributed by atoms with Crippen LogP contribution in [0.5, 0.6) is 0 Å². The molecule has 1 fully saturated rings. The first-order valence-corrected chi connectivity index (χ1v) is 6.88. The maximum Gasteiger partial charge on any atom is 0.251 e. The third-order valence-electron chi connectivity index (χ3n) is 3.20. The number of piperidine rings is 1. The lowest BCUT2D eigenvalue weighted by Gasteiger charge is -2.27. The van der Waals surface area contributed by atoms with Gasteiger partial charge in [-0.15, -0.1) is 0 Å². The van der Waals surface area contributed by atoms with Crippen LogP contribution < -0.4 is 5.32 Å². The van der Waals surface area contributed by atoms with Crippen LogP contribution in [0.25, 0.3) is 0 Å². The minimum atomic E-state index is -2.25. The molecule has 116 valence electrons. The molecule has 1 amide bonds. The number of hydrogen-bond acceptors (Lipinski definition) is 3. The number of rotatable bonds is 8. The van der Waals surface area contributed by atoms with Crippen molar-refractivity contribution in [1.29, 1.82) is 0 Å². The van der Waals surface area contributed by atoms with Crippen molar-refractivity contribution in [3.63, 3.8) is 0 Å². The maximum atomic E-state index is 12.2. The van der Waals surface area contributed by atoms with Crippen molar-refractivity contribution in [2.75, 3.05) is 19.6 Å². The Morgan fingerprint density at radius 2 is 2.14 bits per heavy atom. The third-order valence-corrected chi connectivity index (χ3v) is 3.20. The number of carbonyl (C=O) groups excluding carboxylic acids is 1. The molecule has 1 saturated heterocycles. The highest BCUT2D eigenvalue weighted by Gasteiger charge is 2.16. The molecule has 0 saturated carbocycles. The highest BCUT2D eigenvalue weighted by molar-refractivity contribution is 5.51. The second kappa shape index (κ2) is 9.99. The van der Waals surface area contributed by atoms with Crippen LogP contribution in [0, 0.1) is 0 Å². The first kappa shape index (κ1) is 17.2. The zero-order chi connectivity index (χ0) is 15.5. The maximum absolute atomic E-state index is 12.2. The van der Waals surface area contributed by atoms with Gasteiger partial charge in [0, 0.05) is 13.1 Å². The minimum absolute atomic E-state index is 0.126. The Balaban J connectivity index is 2.32. The molecular formula is C15H21F2N3O. The predicted molar refractivity (Wildman–Crippen MR) is 80.3 cm³/mol. The van der Waals surface area contributed by atoms with Crippen molar-refractivity contribution in [2.24, 2.45) is 4.99 Å². The van der Waals surface area contributed by atoms with Gasteiger partial charge in [-0.1, -0.05) is 23.8 Å². The fraction of sp³-hybridized carbons (Fsp3) is 0.467. The molecule has 1 aliphatic heterocycles. The lowest BCUT2D eigenvalue weighted by molar-refractivity contribution is -0.108. The highest BCUT2D eigenvalue weighted by Crippen LogP contribution is 2.17. The highest BCUT2D eigenvalue weighted by atomic mass is 19.3. The van der Waals surface area contributed by atoms with Gasteiger partial charge in [0.25, 0.3) is 6.43 Å². The fourth-order valence-corrected chi connectivity index (χ4v) is 2.10. The van der Waals surface area contributed by atoms with E-state index in [1.165, 1.54) is 5.57 Å². The Hall–Kier alpha value is -1.82. The lowest BCUT2D eigenvalue weighted by Crippen LogP contribution is -2.34. The van der Waals surface area contributed by atoms with Crippen molar-refractivity contribution >= 4 is 13.1 Å². The van der Waals surface area contributed by atoms with Crippen molar-refractivity contribution in [1.82, 2.24) is 10.2 Å². The van der Waals surface area contributed by atoms with E-state index in [-0.39, 0.29) is 6.54 Å². The molecule has 0 aliphatic carbocycles. The van der Waals surface area contributed by atoms with Crippen LogP contribution in [0.15, 0.2) is 40.7 Å². The number of aliphatic imine (C=N–C) groups is 1. The summed E-state index contributed by atoms with van der Waals surface area (Å²) in [7, 11) is 0. The number of nitrogens with one attached hydrogen (secondary N) is 1. The van der Waals surface area contributed by atoms with E-state index in [1.54, 1.807) is 17.1 Å². The van der Waals surface area contributed by atoms with Gasteiger partial charge in [-0.3, -0.25) is 9.69 Å². The Kier molecular flexibility index (Phi) is 8.19. The number of amides is 1. The Morgan fingerprint density at radius 3 is 2.71 bits per heavy atom. The second-order valence-electron chi connectivity index (χ2n) is 4.69. The molecule has 1 rings (SSSR count). The molecule has 0 radical (unpaired) electrons. The Bertz CT molecular complexity index is 421. The van der Waals surface area contributed by atoms with Crippen LogP contribution in [0.4, 0.5) is 8.78 Å². The molecule has 21 heavy (non-hydrogen) atoms. The summed E-state index contributed by atoms with van der Waals surface area (Å²) in [5.74, 6) is 0.397. The predicted octanol–water partition coefficient (Wildman–Crippen LogP) is 2.51. The number of allylic oxidation sites excluding steroid dienone is 4. The zero-order valence-corrected chi connectivity index (χ0v) is 12.0. The molecule has 1 heterocycles. The molecule has 0 atom stereocenters. The lowest BCUT2D eigenvalue weighted by atomic mass is 10.0. The van der Waals surface area contributed by atoms with E-state index in [0.717, 1.165) is 19.3 Å². The van der Waals surface area contributed by atoms with E-state index in [0.29, 0.717) is 25.3 Å². The molecule has 6 heteroatoms. The first-order chi connectivity index (χ1) is 10.2. The average molecular weight is 297 g/mol. The van der Waals surface area contributed by atoms with Crippen LogP contribution in [0.2, 0.25) is 0 Å². The van der Waals surface area contributed by atoms with Gasteiger partial charge in [0.2, 0.25) is 6.41 Å². The number of hydrogen-bond donors (Lipinski definition) is 1. The summed E-state index contributed by atoms with van der Waals surface area (Å²) in [6, 6.07) is 0. The summed E-state index contributed by atoms with van der Waals surface area (Å²) in [6.07, 6.45) is 8.28. The van der Waals surface area contributed by atoms with Gasteiger partial charge >= 0.3 is 0 Å². The molecule has 0 bridgehead atoms. The van der Waals surface area contributed by atoms with Gasteiger partial charge in [-0.2, -0.15) is 0 Å². The summed E-state index contributed by atoms with van der Waals surface area (Å²) in [5.41, 5.74) is 1.31. The van der Waals surface area contributed by atoms with Gasteiger partial charge in [0.15, 0.2) is 0 Å². The molecule has 1 N–H and O–H groups in total. The average Bonchev–Trinajstić information content (AvgIpc) is 2.47. The van der Waals surface area contributed by atoms with Crippen LogP contribution in [-0.4, -0.2) is 44.1 Å². The number of likely N-dealkylation sites (tertiary alicyclic amines) is 1. The summed E-state index contributed by atoms with van der Waals surface area (Å²) in [4.78, 5) is 15.7. The monoisotopic (exact) mass is 297 g/mol. The van der Waals surface area contributed by atoms with E-state index in [2.05, 4.69) is 23.1 Å². The summed E-state index contributed by atoms with van der Waals surface area (Å²) < 4.78 is 24.5. The zero-order valence-electron chi connectivity index (χ0n) is 12.0. The largest absolute Gasteiger partial charge is 0.313 e. The summed E-state index contributed by atoms with van der Waals surface area (Å²) in [5, 5.41) is 2.41. The summed E-state index contributed by atoms with van der Waals surface area (Å²) in [6.45, 7) is 4.61. The van der Waals surface area contributed by atoms with Crippen LogP contribution in [-0.2, 0) is 4.79 Å². The molecule has 0 aromatic carbocycles. The van der Waals surface area contributed by atoms with Crippen LogP contribution in [0.3, 0.4) is 0 Å². The number of halogens is 2. The molecular weight excluding hydrogens is 276 g/mol.